The minimum Gasteiger partial charge on any atom is -0.445 e. The summed E-state index contributed by atoms with van der Waals surface area (Å²) in [5.74, 6) is -0.106. The normalized spacial score (nSPS) is 30.4. The molecule has 0 unspecified atom stereocenters. The summed E-state index contributed by atoms with van der Waals surface area (Å²) in [7, 11) is 0. The molecule has 0 aromatic heterocycles. The fraction of sp³-hybridized carbons (Fsp3) is 0.792. The number of ketones is 2. The van der Waals surface area contributed by atoms with Gasteiger partial charge in [0, 0.05) is 25.0 Å². The van der Waals surface area contributed by atoms with Crippen LogP contribution in [0.1, 0.15) is 73.1 Å². The highest BCUT2D eigenvalue weighted by molar-refractivity contribution is 5.94. The molecule has 0 radical (unpaired) electrons. The number of Topliss-reactive ketones (excluding diaryl/α,β-unsaturated/α-hetero) is 2. The summed E-state index contributed by atoms with van der Waals surface area (Å²) < 4.78 is 5.36. The Kier molecular flexibility index (Phi) is 9.25. The molecule has 0 aromatic rings. The van der Waals surface area contributed by atoms with E-state index < -0.39 is 17.2 Å². The number of nitrogens with one attached hydrogen (secondary N) is 2. The monoisotopic (exact) mass is 435 g/mol. The number of ether oxygens (including phenoxy) is 1. The number of cyclic esters (lactones) is 1. The van der Waals surface area contributed by atoms with E-state index in [1.165, 1.54) is 0 Å². The lowest BCUT2D eigenvalue weighted by atomic mass is 9.84. The molecular formula is C24H41N3O4. The second-order valence-corrected chi connectivity index (χ2v) is 9.83. The number of hydrogen-bond donors (Lipinski definition) is 2. The predicted molar refractivity (Wildman–Crippen MR) is 122 cm³/mol. The van der Waals surface area contributed by atoms with Crippen LogP contribution in [0.5, 0.6) is 0 Å². The van der Waals surface area contributed by atoms with Crippen molar-refractivity contribution in [2.24, 2.45) is 5.92 Å². The zero-order valence-electron chi connectivity index (χ0n) is 20.0. The van der Waals surface area contributed by atoms with E-state index in [1.54, 1.807) is 4.90 Å². The summed E-state index contributed by atoms with van der Waals surface area (Å²) in [6.07, 6.45) is 8.70. The molecule has 2 bridgehead atoms. The van der Waals surface area contributed by atoms with Gasteiger partial charge in [0.2, 0.25) is 0 Å². The molecule has 0 aliphatic carbocycles. The maximum atomic E-state index is 13.3. The molecule has 0 aromatic carbocycles. The average molecular weight is 436 g/mol. The molecule has 2 N–H and O–H groups in total. The van der Waals surface area contributed by atoms with E-state index in [0.29, 0.717) is 13.0 Å². The van der Waals surface area contributed by atoms with Crippen molar-refractivity contribution in [1.29, 1.82) is 0 Å². The van der Waals surface area contributed by atoms with Crippen LogP contribution in [0, 0.1) is 5.92 Å². The maximum absolute atomic E-state index is 13.3. The van der Waals surface area contributed by atoms with Gasteiger partial charge in [0.05, 0.1) is 17.6 Å². The first-order valence-electron chi connectivity index (χ1n) is 11.8. The third-order valence-corrected chi connectivity index (χ3v) is 6.35. The van der Waals surface area contributed by atoms with Crippen LogP contribution in [-0.2, 0) is 14.3 Å². The minimum absolute atomic E-state index is 0.0342. The number of carbonyl (C=O) groups excluding carboxylic acids is 3. The molecule has 0 saturated carbocycles. The molecule has 2 aliphatic heterocycles. The van der Waals surface area contributed by atoms with Gasteiger partial charge in [-0.3, -0.25) is 14.9 Å². The Hall–Kier alpha value is -1.73. The van der Waals surface area contributed by atoms with Crippen molar-refractivity contribution in [2.75, 3.05) is 26.2 Å². The topological polar surface area (TPSA) is 87.7 Å². The quantitative estimate of drug-likeness (QED) is 0.659. The van der Waals surface area contributed by atoms with Gasteiger partial charge in [0.25, 0.3) is 0 Å². The molecule has 1 fully saturated rings. The van der Waals surface area contributed by atoms with Crippen molar-refractivity contribution in [3.63, 3.8) is 0 Å². The molecular weight excluding hydrogens is 394 g/mol. The zero-order chi connectivity index (χ0) is 23.1. The molecule has 1 saturated heterocycles. The van der Waals surface area contributed by atoms with Crippen molar-refractivity contribution in [1.82, 2.24) is 15.5 Å². The van der Waals surface area contributed by atoms with Crippen LogP contribution in [0.3, 0.4) is 0 Å². The van der Waals surface area contributed by atoms with Gasteiger partial charge in [0.1, 0.15) is 6.61 Å². The number of hydrogen-bond acceptors (Lipinski definition) is 6. The predicted octanol–water partition coefficient (Wildman–Crippen LogP) is 3.23. The second kappa shape index (κ2) is 11.2. The van der Waals surface area contributed by atoms with E-state index >= 15 is 0 Å². The lowest BCUT2D eigenvalue weighted by molar-refractivity contribution is -0.129. The average Bonchev–Trinajstić information content (AvgIpc) is 3.14. The van der Waals surface area contributed by atoms with E-state index in [9.17, 15) is 14.4 Å². The van der Waals surface area contributed by atoms with Gasteiger partial charge >= 0.3 is 6.09 Å². The van der Waals surface area contributed by atoms with E-state index in [2.05, 4.69) is 10.6 Å². The van der Waals surface area contributed by atoms with Crippen LogP contribution in [0.2, 0.25) is 0 Å². The third-order valence-electron chi connectivity index (χ3n) is 6.35. The van der Waals surface area contributed by atoms with Gasteiger partial charge < -0.3 is 15.0 Å². The molecule has 2 aliphatic rings. The van der Waals surface area contributed by atoms with Crippen LogP contribution < -0.4 is 10.6 Å². The summed E-state index contributed by atoms with van der Waals surface area (Å²) in [5, 5.41) is 6.76. The van der Waals surface area contributed by atoms with Crippen LogP contribution in [0.25, 0.3) is 0 Å². The standard InChI is InChI=1S/C24H41N3O4/c1-18(2)21(29)24-13-14-27(17-24)22(30)31-15-11-9-7-6-8-10-12-23(5,26-19(3)4)20(28)16-25-24/h9,11,18-19,25-26H,6-8,10,12-17H2,1-5H3/b11-9-/t23-,24-/m0/s1. The highest BCUT2D eigenvalue weighted by atomic mass is 16.6. The van der Waals surface area contributed by atoms with Crippen LogP contribution in [-0.4, -0.2) is 65.9 Å². The Bertz CT molecular complexity index is 676. The van der Waals surface area contributed by atoms with Crippen molar-refractivity contribution < 1.29 is 19.1 Å². The SMILES string of the molecule is CC(C)N[C@@]1(C)CCCCC/C=C\COC(=O)N2CC[C@@](C(=O)C(C)C)(C2)NCC1=O. The molecule has 2 rings (SSSR count). The van der Waals surface area contributed by atoms with E-state index in [1.807, 2.05) is 46.8 Å². The van der Waals surface area contributed by atoms with Crippen LogP contribution >= 0.6 is 0 Å². The first kappa shape index (κ1) is 25.5. The van der Waals surface area contributed by atoms with Gasteiger partial charge in [0.15, 0.2) is 11.6 Å². The molecule has 7 nitrogen and oxygen atoms in total. The minimum atomic E-state index is -0.911. The van der Waals surface area contributed by atoms with Crippen LogP contribution in [0.15, 0.2) is 12.2 Å². The molecule has 2 heterocycles. The van der Waals surface area contributed by atoms with Crippen LogP contribution in [0.4, 0.5) is 4.79 Å². The number of rotatable bonds is 4. The van der Waals surface area contributed by atoms with Crippen molar-refractivity contribution in [3.8, 4) is 0 Å². The highest BCUT2D eigenvalue weighted by Crippen LogP contribution is 2.27. The van der Waals surface area contributed by atoms with Crippen molar-refractivity contribution in [2.45, 2.75) is 90.3 Å². The second-order valence-electron chi connectivity index (χ2n) is 9.83. The lowest BCUT2D eigenvalue weighted by Crippen LogP contribution is -2.61. The van der Waals surface area contributed by atoms with E-state index in [4.69, 9.17) is 4.74 Å². The Morgan fingerprint density at radius 1 is 1.13 bits per heavy atom. The number of nitrogens with zero attached hydrogens (tertiary/aromatic N) is 1. The smallest absolute Gasteiger partial charge is 0.410 e. The summed E-state index contributed by atoms with van der Waals surface area (Å²) >= 11 is 0. The van der Waals surface area contributed by atoms with Gasteiger partial charge in [-0.15, -0.1) is 0 Å². The Labute approximate surface area is 187 Å². The zero-order valence-corrected chi connectivity index (χ0v) is 20.0. The van der Waals surface area contributed by atoms with Gasteiger partial charge in [-0.2, -0.15) is 0 Å². The number of amides is 1. The fourth-order valence-corrected chi connectivity index (χ4v) is 4.64. The van der Waals surface area contributed by atoms with E-state index in [-0.39, 0.29) is 43.2 Å². The first-order valence-corrected chi connectivity index (χ1v) is 11.8. The number of fused-ring (bicyclic) bond motifs is 2. The van der Waals surface area contributed by atoms with Gasteiger partial charge in [-0.1, -0.05) is 38.8 Å². The van der Waals surface area contributed by atoms with Crippen molar-refractivity contribution in [3.05, 3.63) is 12.2 Å². The molecule has 176 valence electrons. The first-order chi connectivity index (χ1) is 14.6. The summed E-state index contributed by atoms with van der Waals surface area (Å²) in [6.45, 7) is 10.8. The molecule has 1 amide bonds. The number of allylic oxidation sites excluding steroid dienone is 1. The largest absolute Gasteiger partial charge is 0.445 e. The molecule has 31 heavy (non-hydrogen) atoms. The summed E-state index contributed by atoms with van der Waals surface area (Å²) in [5.41, 5.74) is -1.56. The van der Waals surface area contributed by atoms with Crippen molar-refractivity contribution >= 4 is 17.7 Å². The maximum Gasteiger partial charge on any atom is 0.410 e. The molecule has 7 heteroatoms. The summed E-state index contributed by atoms with van der Waals surface area (Å²) in [4.78, 5) is 40.6. The lowest BCUT2D eigenvalue weighted by Gasteiger charge is -2.35. The summed E-state index contributed by atoms with van der Waals surface area (Å²) in [6, 6.07) is 0.175. The number of carbonyl (C=O) groups is 3. The molecule has 0 spiro atoms. The Balaban J connectivity index is 2.26. The highest BCUT2D eigenvalue weighted by Gasteiger charge is 2.47. The molecule has 2 atom stereocenters. The van der Waals surface area contributed by atoms with Gasteiger partial charge in [-0.25, -0.2) is 4.79 Å². The Morgan fingerprint density at radius 2 is 1.87 bits per heavy atom. The fourth-order valence-electron chi connectivity index (χ4n) is 4.64. The Morgan fingerprint density at radius 3 is 2.55 bits per heavy atom. The third kappa shape index (κ3) is 6.88. The van der Waals surface area contributed by atoms with Gasteiger partial charge in [-0.05, 0) is 46.5 Å². The van der Waals surface area contributed by atoms with E-state index in [0.717, 1.165) is 32.1 Å².